The van der Waals surface area contributed by atoms with Gasteiger partial charge in [0.05, 0.1) is 50.5 Å². The van der Waals surface area contributed by atoms with Gasteiger partial charge < -0.3 is 8.83 Å². The molecule has 6 heterocycles. The Bertz CT molecular complexity index is 888. The van der Waals surface area contributed by atoms with E-state index in [1.165, 1.54) is 47.7 Å². The molecule has 4 aliphatic rings. The van der Waals surface area contributed by atoms with Gasteiger partial charge in [0.25, 0.3) is 0 Å². The topological polar surface area (TPSA) is 26.3 Å². The lowest BCUT2D eigenvalue weighted by Gasteiger charge is -2.09. The van der Waals surface area contributed by atoms with Gasteiger partial charge in [-0.3, -0.25) is 0 Å². The minimum Gasteiger partial charge on any atom is -0.472 e. The average Bonchev–Trinajstić information content (AvgIpc) is 3.44. The van der Waals surface area contributed by atoms with Gasteiger partial charge in [0.2, 0.25) is 0 Å². The normalized spacial score (nSPS) is 22.3. The highest BCUT2D eigenvalue weighted by Crippen LogP contribution is 2.67. The van der Waals surface area contributed by atoms with Crippen molar-refractivity contribution in [3.63, 3.8) is 0 Å². The number of fused-ring (bicyclic) bond motifs is 2. The van der Waals surface area contributed by atoms with Gasteiger partial charge in [-0.1, -0.05) is 47.0 Å². The van der Waals surface area contributed by atoms with Crippen LogP contribution in [0, 0.1) is 0 Å². The minimum absolute atomic E-state index is 1.01. The van der Waals surface area contributed by atoms with Gasteiger partial charge in [-0.05, 0) is 0 Å². The summed E-state index contributed by atoms with van der Waals surface area (Å²) in [7, 11) is 0. The highest BCUT2D eigenvalue weighted by Gasteiger charge is 2.32. The van der Waals surface area contributed by atoms with Crippen molar-refractivity contribution in [2.45, 2.75) is 23.0 Å². The van der Waals surface area contributed by atoms with E-state index in [0.29, 0.717) is 0 Å². The molecule has 28 heavy (non-hydrogen) atoms. The van der Waals surface area contributed by atoms with Crippen molar-refractivity contribution >= 4 is 94.1 Å². The molecule has 2 aromatic rings. The molecule has 4 aliphatic heterocycles. The van der Waals surface area contributed by atoms with E-state index in [1.54, 1.807) is 0 Å². The molecule has 0 bridgehead atoms. The molecule has 0 radical (unpaired) electrons. The van der Waals surface area contributed by atoms with E-state index in [1.807, 2.05) is 119 Å². The van der Waals surface area contributed by atoms with Crippen LogP contribution in [-0.4, -0.2) is 0 Å². The van der Waals surface area contributed by atoms with E-state index in [0.717, 1.165) is 23.0 Å². The van der Waals surface area contributed by atoms with Crippen molar-refractivity contribution in [3.8, 4) is 0 Å². The molecule has 0 N–H and O–H groups in total. The Labute approximate surface area is 197 Å². The van der Waals surface area contributed by atoms with E-state index in [9.17, 15) is 0 Å². The van der Waals surface area contributed by atoms with Gasteiger partial charge in [-0.2, -0.15) is 0 Å². The minimum atomic E-state index is 1.01. The zero-order chi connectivity index (χ0) is 18.5. The van der Waals surface area contributed by atoms with Crippen molar-refractivity contribution in [1.29, 1.82) is 0 Å². The van der Waals surface area contributed by atoms with E-state index in [2.05, 4.69) is 0 Å². The third-order valence-electron chi connectivity index (χ3n) is 4.34. The summed E-state index contributed by atoms with van der Waals surface area (Å²) in [6.07, 6.45) is 7.64. The molecule has 0 spiro atoms. The average molecular weight is 517 g/mol. The summed E-state index contributed by atoms with van der Waals surface area (Å²) in [5, 5.41) is 0. The standard InChI is InChI=1S/C18H12O2S8/c1-9-5-21-13-14(22-6-10(9)2-19-1)26-17(25-13)18-27-15-16(28-18)24-8-12-4-20-3-11(12)7-23-15/h1-4H,5-8H2. The number of furan rings is 2. The van der Waals surface area contributed by atoms with Crippen LogP contribution in [0.5, 0.6) is 0 Å². The molecule has 0 unspecified atom stereocenters. The zero-order valence-electron chi connectivity index (χ0n) is 14.2. The Morgan fingerprint density at radius 3 is 1.00 bits per heavy atom. The first-order valence-corrected chi connectivity index (χ1v) is 15.6. The second-order valence-corrected chi connectivity index (χ2v) is 15.7. The monoisotopic (exact) mass is 516 g/mol. The van der Waals surface area contributed by atoms with Crippen molar-refractivity contribution < 1.29 is 8.83 Å². The molecular weight excluding hydrogens is 505 g/mol. The third-order valence-corrected chi connectivity index (χ3v) is 16.1. The molecule has 144 valence electrons. The molecular formula is C18H12O2S8. The molecule has 0 fully saturated rings. The molecule has 2 aromatic heterocycles. The summed E-state index contributed by atoms with van der Waals surface area (Å²) in [6, 6.07) is 0. The predicted octanol–water partition coefficient (Wildman–Crippen LogP) is 8.87. The summed E-state index contributed by atoms with van der Waals surface area (Å²) in [5.74, 6) is 4.03. The molecule has 2 nitrogen and oxygen atoms in total. The van der Waals surface area contributed by atoms with E-state index >= 15 is 0 Å². The molecule has 0 aromatic carbocycles. The number of hydrogen-bond donors (Lipinski definition) is 0. The lowest BCUT2D eigenvalue weighted by molar-refractivity contribution is 0.563. The zero-order valence-corrected chi connectivity index (χ0v) is 20.8. The van der Waals surface area contributed by atoms with Gasteiger partial charge in [-0.15, -0.1) is 47.0 Å². The van der Waals surface area contributed by atoms with Gasteiger partial charge in [0.15, 0.2) is 0 Å². The maximum Gasteiger partial charge on any atom is 0.0946 e. The van der Waals surface area contributed by atoms with Gasteiger partial charge in [0, 0.05) is 45.3 Å². The molecule has 0 saturated carbocycles. The molecule has 10 heteroatoms. The van der Waals surface area contributed by atoms with E-state index in [-0.39, 0.29) is 0 Å². The lowest BCUT2D eigenvalue weighted by Crippen LogP contribution is -1.88. The Morgan fingerprint density at radius 1 is 0.429 bits per heavy atom. The quantitative estimate of drug-likeness (QED) is 0.338. The van der Waals surface area contributed by atoms with Crippen molar-refractivity contribution in [3.05, 3.63) is 72.7 Å². The fraction of sp³-hybridized carbons (Fsp3) is 0.222. The second kappa shape index (κ2) is 8.26. The fourth-order valence-electron chi connectivity index (χ4n) is 2.84. The number of rotatable bonds is 0. The molecule has 0 atom stereocenters. The summed E-state index contributed by atoms with van der Waals surface area (Å²) >= 11 is 15.7. The first kappa shape index (κ1) is 19.3. The van der Waals surface area contributed by atoms with Crippen LogP contribution in [0.4, 0.5) is 0 Å². The van der Waals surface area contributed by atoms with Crippen molar-refractivity contribution in [1.82, 2.24) is 0 Å². The number of hydrogen-bond acceptors (Lipinski definition) is 10. The van der Waals surface area contributed by atoms with Gasteiger partial charge in [0.1, 0.15) is 0 Å². The summed E-state index contributed by atoms with van der Waals surface area (Å²) in [4.78, 5) is 0. The van der Waals surface area contributed by atoms with Crippen LogP contribution in [0.25, 0.3) is 0 Å². The number of thioether (sulfide) groups is 8. The lowest BCUT2D eigenvalue weighted by atomic mass is 10.2. The van der Waals surface area contributed by atoms with Crippen molar-refractivity contribution in [2.75, 3.05) is 0 Å². The van der Waals surface area contributed by atoms with Crippen LogP contribution in [0.3, 0.4) is 0 Å². The predicted molar refractivity (Wildman–Crippen MR) is 134 cm³/mol. The maximum atomic E-state index is 5.40. The molecule has 0 amide bonds. The summed E-state index contributed by atoms with van der Waals surface area (Å²) in [5.41, 5.74) is 5.37. The Hall–Kier alpha value is 0.580. The van der Waals surface area contributed by atoms with Gasteiger partial charge in [-0.25, -0.2) is 0 Å². The summed E-state index contributed by atoms with van der Waals surface area (Å²) in [6.45, 7) is 0. The second-order valence-electron chi connectivity index (χ2n) is 6.13. The highest BCUT2D eigenvalue weighted by molar-refractivity contribution is 8.44. The Balaban J connectivity index is 1.18. The molecule has 6 rings (SSSR count). The maximum absolute atomic E-state index is 5.40. The van der Waals surface area contributed by atoms with Crippen LogP contribution in [0.1, 0.15) is 22.3 Å². The fourth-order valence-corrected chi connectivity index (χ4v) is 14.8. The Kier molecular flexibility index (Phi) is 5.68. The smallest absolute Gasteiger partial charge is 0.0946 e. The molecule has 0 saturated heterocycles. The van der Waals surface area contributed by atoms with Gasteiger partial charge >= 0.3 is 0 Å². The first-order valence-electron chi connectivity index (χ1n) is 8.37. The van der Waals surface area contributed by atoms with Crippen LogP contribution >= 0.6 is 94.1 Å². The first-order chi connectivity index (χ1) is 13.8. The highest BCUT2D eigenvalue weighted by atomic mass is 32.3. The third kappa shape index (κ3) is 3.70. The summed E-state index contributed by atoms with van der Waals surface area (Å²) < 4.78 is 19.6. The van der Waals surface area contributed by atoms with E-state index < -0.39 is 0 Å². The van der Waals surface area contributed by atoms with Crippen LogP contribution in [0.2, 0.25) is 0 Å². The van der Waals surface area contributed by atoms with Crippen molar-refractivity contribution in [2.24, 2.45) is 0 Å². The SMILES string of the molecule is c1occ2c1CSC1=C(SC2)SC(=C2SC3=C(SCc4cocc4CS3)S2)S1. The largest absolute Gasteiger partial charge is 0.472 e. The van der Waals surface area contributed by atoms with Crippen LogP contribution in [0.15, 0.2) is 59.3 Å². The van der Waals surface area contributed by atoms with Crippen LogP contribution < -0.4 is 0 Å². The van der Waals surface area contributed by atoms with Crippen LogP contribution in [-0.2, 0) is 23.0 Å². The molecule has 0 aliphatic carbocycles. The Morgan fingerprint density at radius 2 is 0.714 bits per heavy atom. The van der Waals surface area contributed by atoms with E-state index in [4.69, 9.17) is 8.83 Å².